The van der Waals surface area contributed by atoms with E-state index in [1.54, 1.807) is 0 Å². The lowest BCUT2D eigenvalue weighted by atomic mass is 9.97. The van der Waals surface area contributed by atoms with Crippen molar-refractivity contribution in [2.24, 2.45) is 5.92 Å². The van der Waals surface area contributed by atoms with E-state index in [-0.39, 0.29) is 6.10 Å². The van der Waals surface area contributed by atoms with E-state index in [2.05, 4.69) is 5.32 Å². The Morgan fingerprint density at radius 2 is 2.57 bits per heavy atom. The van der Waals surface area contributed by atoms with Crippen molar-refractivity contribution in [2.75, 3.05) is 13.1 Å². The quantitative estimate of drug-likeness (QED) is 0.833. The summed E-state index contributed by atoms with van der Waals surface area (Å²) >= 11 is 7.36. The Kier molecular flexibility index (Phi) is 3.44. The molecule has 0 spiro atoms. The lowest BCUT2D eigenvalue weighted by Gasteiger charge is -2.15. The molecule has 2 N–H and O–H groups in total. The van der Waals surface area contributed by atoms with E-state index in [9.17, 15) is 5.11 Å². The summed E-state index contributed by atoms with van der Waals surface area (Å²) in [6.07, 6.45) is 1.59. The molecule has 0 aliphatic carbocycles. The van der Waals surface area contributed by atoms with Gasteiger partial charge in [0.1, 0.15) is 0 Å². The maximum Gasteiger partial charge on any atom is 0.0931 e. The van der Waals surface area contributed by atoms with Gasteiger partial charge < -0.3 is 10.4 Å². The second kappa shape index (κ2) is 4.62. The standard InChI is InChI=1S/C10H14ClNOS/c11-10-4-7(6-14-10)3-9(13)8-1-2-12-5-8/h4,6,8-9,12-13H,1-3,5H2/t8-,9?/m0/s1. The van der Waals surface area contributed by atoms with Crippen molar-refractivity contribution in [2.45, 2.75) is 18.9 Å². The van der Waals surface area contributed by atoms with E-state index in [0.29, 0.717) is 5.92 Å². The molecule has 1 aromatic heterocycles. The number of aliphatic hydroxyl groups excluding tert-OH is 1. The fraction of sp³-hybridized carbons (Fsp3) is 0.600. The summed E-state index contributed by atoms with van der Waals surface area (Å²) in [4.78, 5) is 0. The number of nitrogens with one attached hydrogen (secondary N) is 1. The Bertz CT molecular complexity index is 296. The molecule has 0 radical (unpaired) electrons. The van der Waals surface area contributed by atoms with Crippen LogP contribution in [0.1, 0.15) is 12.0 Å². The highest BCUT2D eigenvalue weighted by atomic mass is 35.5. The molecule has 1 unspecified atom stereocenters. The Hall–Kier alpha value is -0.0900. The molecular formula is C10H14ClNOS. The van der Waals surface area contributed by atoms with E-state index in [1.807, 2.05) is 11.4 Å². The van der Waals surface area contributed by atoms with Gasteiger partial charge in [-0.1, -0.05) is 11.6 Å². The van der Waals surface area contributed by atoms with Gasteiger partial charge in [0.2, 0.25) is 0 Å². The van der Waals surface area contributed by atoms with Crippen LogP contribution in [0.4, 0.5) is 0 Å². The van der Waals surface area contributed by atoms with Gasteiger partial charge in [-0.2, -0.15) is 0 Å². The van der Waals surface area contributed by atoms with E-state index in [1.165, 1.54) is 11.3 Å². The van der Waals surface area contributed by atoms with Crippen molar-refractivity contribution in [3.8, 4) is 0 Å². The van der Waals surface area contributed by atoms with Gasteiger partial charge in [0, 0.05) is 6.54 Å². The van der Waals surface area contributed by atoms with Crippen LogP contribution in [0.3, 0.4) is 0 Å². The molecule has 1 saturated heterocycles. The molecule has 4 heteroatoms. The monoisotopic (exact) mass is 231 g/mol. The molecule has 0 bridgehead atoms. The predicted molar refractivity (Wildman–Crippen MR) is 60.0 cm³/mol. The van der Waals surface area contributed by atoms with E-state index in [0.717, 1.165) is 35.8 Å². The fourth-order valence-corrected chi connectivity index (χ4v) is 2.79. The number of halogens is 1. The molecule has 14 heavy (non-hydrogen) atoms. The van der Waals surface area contributed by atoms with Crippen LogP contribution in [-0.4, -0.2) is 24.3 Å². The second-order valence-corrected chi connectivity index (χ2v) is 5.33. The van der Waals surface area contributed by atoms with Gasteiger partial charge in [0.25, 0.3) is 0 Å². The number of rotatable bonds is 3. The fourth-order valence-electron chi connectivity index (χ4n) is 1.87. The Balaban J connectivity index is 1.90. The molecule has 2 atom stereocenters. The molecule has 1 fully saturated rings. The highest BCUT2D eigenvalue weighted by Gasteiger charge is 2.23. The highest BCUT2D eigenvalue weighted by molar-refractivity contribution is 7.14. The third-order valence-corrected chi connectivity index (χ3v) is 3.85. The van der Waals surface area contributed by atoms with Crippen molar-refractivity contribution in [1.82, 2.24) is 5.32 Å². The molecule has 1 aliphatic rings. The molecule has 78 valence electrons. The van der Waals surface area contributed by atoms with Crippen LogP contribution in [0, 0.1) is 5.92 Å². The predicted octanol–water partition coefficient (Wildman–Crippen LogP) is 1.91. The van der Waals surface area contributed by atoms with Crippen LogP contribution in [0.5, 0.6) is 0 Å². The first-order valence-corrected chi connectivity index (χ1v) is 6.13. The largest absolute Gasteiger partial charge is 0.392 e. The van der Waals surface area contributed by atoms with E-state index in [4.69, 9.17) is 11.6 Å². The van der Waals surface area contributed by atoms with E-state index >= 15 is 0 Å². The number of thiophene rings is 1. The van der Waals surface area contributed by atoms with Crippen molar-refractivity contribution in [3.05, 3.63) is 21.3 Å². The first kappa shape index (κ1) is 10.4. The zero-order valence-electron chi connectivity index (χ0n) is 7.87. The lowest BCUT2D eigenvalue weighted by Crippen LogP contribution is -2.24. The zero-order chi connectivity index (χ0) is 9.97. The second-order valence-electron chi connectivity index (χ2n) is 3.78. The van der Waals surface area contributed by atoms with Crippen LogP contribution < -0.4 is 5.32 Å². The molecule has 1 aliphatic heterocycles. The number of hydrogen-bond donors (Lipinski definition) is 2. The van der Waals surface area contributed by atoms with Gasteiger partial charge in [0.05, 0.1) is 10.4 Å². The average Bonchev–Trinajstić information content (AvgIpc) is 2.75. The summed E-state index contributed by atoms with van der Waals surface area (Å²) in [5.41, 5.74) is 1.15. The van der Waals surface area contributed by atoms with Gasteiger partial charge in [-0.15, -0.1) is 11.3 Å². The summed E-state index contributed by atoms with van der Waals surface area (Å²) in [5.74, 6) is 0.411. The molecule has 2 heterocycles. The molecule has 0 aromatic carbocycles. The van der Waals surface area contributed by atoms with Crippen LogP contribution in [-0.2, 0) is 6.42 Å². The smallest absolute Gasteiger partial charge is 0.0931 e. The molecule has 2 nitrogen and oxygen atoms in total. The Morgan fingerprint density at radius 1 is 1.71 bits per heavy atom. The molecular weight excluding hydrogens is 218 g/mol. The Morgan fingerprint density at radius 3 is 3.14 bits per heavy atom. The highest BCUT2D eigenvalue weighted by Crippen LogP contribution is 2.23. The summed E-state index contributed by atoms with van der Waals surface area (Å²) in [5, 5.41) is 15.2. The first-order valence-electron chi connectivity index (χ1n) is 4.87. The third kappa shape index (κ3) is 2.48. The van der Waals surface area contributed by atoms with Crippen molar-refractivity contribution >= 4 is 22.9 Å². The van der Waals surface area contributed by atoms with Crippen LogP contribution in [0.2, 0.25) is 4.34 Å². The minimum atomic E-state index is -0.226. The molecule has 0 amide bonds. The normalized spacial score (nSPS) is 24.0. The molecule has 1 aromatic rings. The Labute approximate surface area is 92.9 Å². The van der Waals surface area contributed by atoms with Crippen molar-refractivity contribution < 1.29 is 5.11 Å². The maximum absolute atomic E-state index is 9.93. The van der Waals surface area contributed by atoms with Crippen LogP contribution in [0.25, 0.3) is 0 Å². The molecule has 0 saturated carbocycles. The minimum Gasteiger partial charge on any atom is -0.392 e. The topological polar surface area (TPSA) is 32.3 Å². The van der Waals surface area contributed by atoms with Gasteiger partial charge in [-0.3, -0.25) is 0 Å². The first-order chi connectivity index (χ1) is 6.75. The summed E-state index contributed by atoms with van der Waals surface area (Å²) < 4.78 is 0.803. The number of hydrogen-bond acceptors (Lipinski definition) is 3. The number of aliphatic hydroxyl groups is 1. The maximum atomic E-state index is 9.93. The van der Waals surface area contributed by atoms with Gasteiger partial charge in [-0.05, 0) is 42.3 Å². The SMILES string of the molecule is OC(Cc1csc(Cl)c1)[C@H]1CCNC1. The van der Waals surface area contributed by atoms with E-state index < -0.39 is 0 Å². The van der Waals surface area contributed by atoms with Gasteiger partial charge in [-0.25, -0.2) is 0 Å². The van der Waals surface area contributed by atoms with Crippen molar-refractivity contribution in [3.63, 3.8) is 0 Å². The van der Waals surface area contributed by atoms with Crippen LogP contribution >= 0.6 is 22.9 Å². The summed E-state index contributed by atoms with van der Waals surface area (Å²) in [6.45, 7) is 1.98. The summed E-state index contributed by atoms with van der Waals surface area (Å²) in [7, 11) is 0. The summed E-state index contributed by atoms with van der Waals surface area (Å²) in [6, 6.07) is 1.94. The molecule has 2 rings (SSSR count). The van der Waals surface area contributed by atoms with Gasteiger partial charge in [0.15, 0.2) is 0 Å². The van der Waals surface area contributed by atoms with Crippen molar-refractivity contribution in [1.29, 1.82) is 0 Å². The zero-order valence-corrected chi connectivity index (χ0v) is 9.44. The van der Waals surface area contributed by atoms with Crippen LogP contribution in [0.15, 0.2) is 11.4 Å². The lowest BCUT2D eigenvalue weighted by molar-refractivity contribution is 0.117. The van der Waals surface area contributed by atoms with Gasteiger partial charge >= 0.3 is 0 Å². The third-order valence-electron chi connectivity index (χ3n) is 2.71. The average molecular weight is 232 g/mol. The minimum absolute atomic E-state index is 0.226.